The van der Waals surface area contributed by atoms with Gasteiger partial charge in [0, 0.05) is 6.42 Å². The van der Waals surface area contributed by atoms with Gasteiger partial charge in [-0.05, 0) is 13.3 Å². The number of nitrogens with one attached hydrogen (secondary N) is 3. The van der Waals surface area contributed by atoms with Gasteiger partial charge in [-0.2, -0.15) is 0 Å². The Hall–Kier alpha value is -3.30. The second kappa shape index (κ2) is 13.1. The zero-order valence-corrected chi connectivity index (χ0v) is 16.6. The van der Waals surface area contributed by atoms with E-state index < -0.39 is 85.3 Å². The molecule has 176 valence electrons. The number of carbonyl (C=O) groups is 6. The van der Waals surface area contributed by atoms with Crippen LogP contribution in [0.1, 0.15) is 26.2 Å². The average Bonchev–Trinajstić information content (AvgIpc) is 2.66. The first-order chi connectivity index (χ1) is 14.3. The van der Waals surface area contributed by atoms with Crippen LogP contribution in [-0.4, -0.2) is 92.9 Å². The van der Waals surface area contributed by atoms with Crippen LogP contribution in [0.15, 0.2) is 0 Å². The first-order valence-corrected chi connectivity index (χ1v) is 8.98. The number of aliphatic carboxylic acids is 2. The van der Waals surface area contributed by atoms with Gasteiger partial charge in [-0.25, -0.2) is 4.79 Å². The molecule has 31 heavy (non-hydrogen) atoms. The minimum absolute atomic E-state index is 0.260. The monoisotopic (exact) mass is 449 g/mol. The number of nitrogens with two attached hydrogens (primary N) is 2. The third kappa shape index (κ3) is 10.3. The molecule has 0 rings (SSSR count). The van der Waals surface area contributed by atoms with Gasteiger partial charge in [0.25, 0.3) is 0 Å². The van der Waals surface area contributed by atoms with Crippen molar-refractivity contribution in [1.29, 1.82) is 0 Å². The predicted molar refractivity (Wildman–Crippen MR) is 101 cm³/mol. The van der Waals surface area contributed by atoms with Gasteiger partial charge >= 0.3 is 11.9 Å². The van der Waals surface area contributed by atoms with E-state index in [9.17, 15) is 39.0 Å². The molecule has 0 radical (unpaired) electrons. The number of primary amides is 1. The van der Waals surface area contributed by atoms with Crippen molar-refractivity contribution in [3.63, 3.8) is 0 Å². The lowest BCUT2D eigenvalue weighted by molar-refractivity contribution is -0.145. The van der Waals surface area contributed by atoms with Gasteiger partial charge in [-0.15, -0.1) is 0 Å². The van der Waals surface area contributed by atoms with Crippen molar-refractivity contribution in [2.45, 2.75) is 56.5 Å². The van der Waals surface area contributed by atoms with E-state index in [1.807, 2.05) is 10.6 Å². The fourth-order valence-electron chi connectivity index (χ4n) is 2.21. The Labute approximate surface area is 176 Å². The van der Waals surface area contributed by atoms with E-state index >= 15 is 0 Å². The Balaban J connectivity index is 5.24. The van der Waals surface area contributed by atoms with Crippen molar-refractivity contribution in [3.05, 3.63) is 0 Å². The minimum Gasteiger partial charge on any atom is -0.481 e. The lowest BCUT2D eigenvalue weighted by Gasteiger charge is -2.24. The summed E-state index contributed by atoms with van der Waals surface area (Å²) in [7, 11) is 0. The number of hydrogen-bond donors (Lipinski definition) is 9. The number of hydrogen-bond acceptors (Lipinski definition) is 9. The lowest BCUT2D eigenvalue weighted by atomic mass is 10.1. The number of carbonyl (C=O) groups excluding carboxylic acids is 4. The molecule has 0 bridgehead atoms. The molecule has 0 aromatic carbocycles. The largest absolute Gasteiger partial charge is 0.481 e. The van der Waals surface area contributed by atoms with E-state index in [0.717, 1.165) is 6.92 Å². The Morgan fingerprint density at radius 1 is 0.903 bits per heavy atom. The first kappa shape index (κ1) is 27.7. The number of aliphatic hydroxyl groups is 2. The summed E-state index contributed by atoms with van der Waals surface area (Å²) in [5.41, 5.74) is 10.6. The summed E-state index contributed by atoms with van der Waals surface area (Å²) in [5, 5.41) is 42.4. The molecule has 0 heterocycles. The zero-order valence-electron chi connectivity index (χ0n) is 16.6. The highest BCUT2D eigenvalue weighted by atomic mass is 16.4. The molecule has 15 heteroatoms. The van der Waals surface area contributed by atoms with Gasteiger partial charge in [0.2, 0.25) is 23.6 Å². The van der Waals surface area contributed by atoms with Crippen molar-refractivity contribution in [3.8, 4) is 0 Å². The van der Waals surface area contributed by atoms with Crippen molar-refractivity contribution in [1.82, 2.24) is 16.0 Å². The third-order valence-corrected chi connectivity index (χ3v) is 3.91. The zero-order chi connectivity index (χ0) is 24.3. The first-order valence-electron chi connectivity index (χ1n) is 8.98. The second-order valence-corrected chi connectivity index (χ2v) is 6.58. The molecule has 5 atom stereocenters. The molecule has 0 aliphatic rings. The van der Waals surface area contributed by atoms with Gasteiger partial charge in [-0.3, -0.25) is 24.0 Å². The van der Waals surface area contributed by atoms with Crippen LogP contribution < -0.4 is 27.4 Å². The molecule has 4 amide bonds. The Kier molecular flexibility index (Phi) is 11.7. The van der Waals surface area contributed by atoms with Crippen molar-refractivity contribution >= 4 is 35.6 Å². The van der Waals surface area contributed by atoms with Crippen molar-refractivity contribution < 1.29 is 49.2 Å². The molecule has 0 aliphatic carbocycles. The number of aliphatic hydroxyl groups excluding tert-OH is 2. The molecule has 5 unspecified atom stereocenters. The highest BCUT2D eigenvalue weighted by molar-refractivity contribution is 5.96. The molecule has 0 aromatic heterocycles. The summed E-state index contributed by atoms with van der Waals surface area (Å²) < 4.78 is 0. The van der Waals surface area contributed by atoms with Crippen LogP contribution in [0, 0.1) is 0 Å². The van der Waals surface area contributed by atoms with Gasteiger partial charge < -0.3 is 47.8 Å². The Morgan fingerprint density at radius 2 is 1.42 bits per heavy atom. The van der Waals surface area contributed by atoms with Gasteiger partial charge in [0.15, 0.2) is 6.04 Å². The highest BCUT2D eigenvalue weighted by Gasteiger charge is 2.32. The summed E-state index contributed by atoms with van der Waals surface area (Å²) in [4.78, 5) is 69.4. The maximum absolute atomic E-state index is 12.4. The van der Waals surface area contributed by atoms with Crippen LogP contribution >= 0.6 is 0 Å². The van der Waals surface area contributed by atoms with E-state index in [-0.39, 0.29) is 6.42 Å². The summed E-state index contributed by atoms with van der Waals surface area (Å²) >= 11 is 0. The highest BCUT2D eigenvalue weighted by Crippen LogP contribution is 2.00. The maximum atomic E-state index is 12.4. The van der Waals surface area contributed by atoms with Crippen molar-refractivity contribution in [2.75, 3.05) is 6.61 Å². The SMILES string of the molecule is CC(O)C(NC(=O)C(CO)NC(=O)C(CC(N)=O)NC(=O)C(N)CCC(=O)O)C(=O)O. The summed E-state index contributed by atoms with van der Waals surface area (Å²) in [6.07, 6.45) is -2.90. The molecule has 0 aromatic rings. The van der Waals surface area contributed by atoms with E-state index in [2.05, 4.69) is 5.32 Å². The number of carboxylic acids is 2. The fraction of sp³-hybridized carbons (Fsp3) is 0.625. The molecule has 11 N–H and O–H groups in total. The van der Waals surface area contributed by atoms with Crippen LogP contribution in [0.4, 0.5) is 0 Å². The topological polar surface area (TPSA) is 271 Å². The predicted octanol–water partition coefficient (Wildman–Crippen LogP) is -5.03. The quantitative estimate of drug-likeness (QED) is 0.121. The number of rotatable bonds is 14. The lowest BCUT2D eigenvalue weighted by Crippen LogP contribution is -2.59. The number of amides is 4. The molecule has 0 fully saturated rings. The molecular formula is C16H27N5O10. The Bertz CT molecular complexity index is 698. The van der Waals surface area contributed by atoms with Crippen LogP contribution in [0.2, 0.25) is 0 Å². The summed E-state index contributed by atoms with van der Waals surface area (Å²) in [6.45, 7) is 0.108. The maximum Gasteiger partial charge on any atom is 0.328 e. The van der Waals surface area contributed by atoms with Crippen molar-refractivity contribution in [2.24, 2.45) is 11.5 Å². The molecule has 0 spiro atoms. The minimum atomic E-state index is -1.73. The van der Waals surface area contributed by atoms with E-state index in [0.29, 0.717) is 0 Å². The van der Waals surface area contributed by atoms with Crippen LogP contribution in [0.3, 0.4) is 0 Å². The summed E-state index contributed by atoms with van der Waals surface area (Å²) in [6, 6.07) is -6.36. The normalized spacial score (nSPS) is 15.5. The molecule has 0 aliphatic heterocycles. The van der Waals surface area contributed by atoms with Crippen LogP contribution in [0.5, 0.6) is 0 Å². The molecule has 15 nitrogen and oxygen atoms in total. The molecular weight excluding hydrogens is 422 g/mol. The molecule has 0 saturated heterocycles. The van der Waals surface area contributed by atoms with E-state index in [1.54, 1.807) is 0 Å². The smallest absolute Gasteiger partial charge is 0.328 e. The van der Waals surface area contributed by atoms with Crippen LogP contribution in [0.25, 0.3) is 0 Å². The fourth-order valence-corrected chi connectivity index (χ4v) is 2.21. The number of carboxylic acid groups (broad SMARTS) is 2. The summed E-state index contributed by atoms with van der Waals surface area (Å²) in [5.74, 6) is -7.04. The average molecular weight is 449 g/mol. The van der Waals surface area contributed by atoms with E-state index in [4.69, 9.17) is 21.7 Å². The van der Waals surface area contributed by atoms with Crippen LogP contribution in [-0.2, 0) is 28.8 Å². The van der Waals surface area contributed by atoms with E-state index in [1.165, 1.54) is 0 Å². The van der Waals surface area contributed by atoms with Gasteiger partial charge in [0.1, 0.15) is 12.1 Å². The van der Waals surface area contributed by atoms with Gasteiger partial charge in [0.05, 0.1) is 25.2 Å². The third-order valence-electron chi connectivity index (χ3n) is 3.91. The molecule has 0 saturated carbocycles. The Morgan fingerprint density at radius 3 is 1.84 bits per heavy atom. The second-order valence-electron chi connectivity index (χ2n) is 6.58. The van der Waals surface area contributed by atoms with Gasteiger partial charge in [-0.1, -0.05) is 0 Å². The standard InChI is InChI=1S/C16H27N5O10/c1-6(23)12(16(30)31)21-15(29)9(5-22)20-14(28)8(4-10(18)24)19-13(27)7(17)2-3-11(25)26/h6-9,12,22-23H,2-5,17H2,1H3,(H2,18,24)(H,19,27)(H,20,28)(H,21,29)(H,25,26)(H,30,31).